The molecule has 1 aromatic carbocycles. The quantitative estimate of drug-likeness (QED) is 0.537. The number of pyridine rings is 1. The van der Waals surface area contributed by atoms with Crippen LogP contribution in [0.25, 0.3) is 11.0 Å². The van der Waals surface area contributed by atoms with Crippen molar-refractivity contribution >= 4 is 34.4 Å². The molecule has 1 atom stereocenters. The lowest BCUT2D eigenvalue weighted by Gasteiger charge is -2.21. The van der Waals surface area contributed by atoms with Crippen LogP contribution in [0.3, 0.4) is 0 Å². The van der Waals surface area contributed by atoms with E-state index in [0.717, 1.165) is 60.6 Å². The van der Waals surface area contributed by atoms with Gasteiger partial charge in [0.1, 0.15) is 0 Å². The van der Waals surface area contributed by atoms with E-state index in [4.69, 9.17) is 4.74 Å². The van der Waals surface area contributed by atoms with Crippen LogP contribution in [0.5, 0.6) is 0 Å². The number of amides is 1. The first-order valence-electron chi connectivity index (χ1n) is 11.0. The minimum absolute atomic E-state index is 0.131. The van der Waals surface area contributed by atoms with Gasteiger partial charge in [-0.15, -0.1) is 0 Å². The van der Waals surface area contributed by atoms with Gasteiger partial charge in [-0.3, -0.25) is 4.79 Å². The molecule has 1 fully saturated rings. The molecule has 1 N–H and O–H groups in total. The number of ether oxygens (including phenoxy) is 1. The SMILES string of the molecule is CCC(C)n1ncc2c(C(=O)Nc3cccc(CSC4CCOCC4)c3)cc(C)nc21. The van der Waals surface area contributed by atoms with Gasteiger partial charge in [0.2, 0.25) is 0 Å². The zero-order chi connectivity index (χ0) is 21.8. The molecule has 31 heavy (non-hydrogen) atoms. The Labute approximate surface area is 187 Å². The molecule has 4 rings (SSSR count). The Morgan fingerprint density at radius 1 is 1.32 bits per heavy atom. The maximum atomic E-state index is 13.2. The molecule has 1 unspecified atom stereocenters. The average molecular weight is 439 g/mol. The summed E-state index contributed by atoms with van der Waals surface area (Å²) in [6, 6.07) is 10.2. The molecule has 164 valence electrons. The van der Waals surface area contributed by atoms with Crippen molar-refractivity contribution < 1.29 is 9.53 Å². The number of aryl methyl sites for hydroxylation is 1. The predicted molar refractivity (Wildman–Crippen MR) is 127 cm³/mol. The van der Waals surface area contributed by atoms with Crippen molar-refractivity contribution in [3.63, 3.8) is 0 Å². The summed E-state index contributed by atoms with van der Waals surface area (Å²) in [5, 5.41) is 9.02. The van der Waals surface area contributed by atoms with E-state index >= 15 is 0 Å². The number of nitrogens with zero attached hydrogens (tertiary/aromatic N) is 3. The summed E-state index contributed by atoms with van der Waals surface area (Å²) in [5.74, 6) is 0.808. The topological polar surface area (TPSA) is 69.0 Å². The van der Waals surface area contributed by atoms with Gasteiger partial charge in [-0.2, -0.15) is 16.9 Å². The van der Waals surface area contributed by atoms with E-state index in [0.29, 0.717) is 10.8 Å². The Hall–Kier alpha value is -2.38. The van der Waals surface area contributed by atoms with Crippen LogP contribution in [0.1, 0.15) is 60.8 Å². The molecule has 3 heterocycles. The van der Waals surface area contributed by atoms with Crippen LogP contribution in [0.15, 0.2) is 36.5 Å². The lowest BCUT2D eigenvalue weighted by atomic mass is 10.1. The van der Waals surface area contributed by atoms with Gasteiger partial charge in [0.15, 0.2) is 5.65 Å². The van der Waals surface area contributed by atoms with Crippen LogP contribution in [-0.4, -0.2) is 39.1 Å². The highest BCUT2D eigenvalue weighted by atomic mass is 32.2. The first-order chi connectivity index (χ1) is 15.0. The summed E-state index contributed by atoms with van der Waals surface area (Å²) < 4.78 is 7.36. The van der Waals surface area contributed by atoms with Crippen LogP contribution >= 0.6 is 11.8 Å². The molecule has 1 saturated heterocycles. The van der Waals surface area contributed by atoms with Gasteiger partial charge < -0.3 is 10.1 Å². The number of rotatable bonds is 7. The molecule has 0 spiro atoms. The molecule has 0 bridgehead atoms. The van der Waals surface area contributed by atoms with E-state index in [2.05, 4.69) is 41.4 Å². The number of benzene rings is 1. The normalized spacial score (nSPS) is 15.8. The Bertz CT molecular complexity index is 1060. The van der Waals surface area contributed by atoms with E-state index in [1.54, 1.807) is 6.20 Å². The Morgan fingerprint density at radius 3 is 2.90 bits per heavy atom. The fraction of sp³-hybridized carbons (Fsp3) is 0.458. The lowest BCUT2D eigenvalue weighted by molar-refractivity contribution is 0.1000. The minimum atomic E-state index is -0.131. The number of aromatic nitrogens is 3. The van der Waals surface area contributed by atoms with Gasteiger partial charge in [-0.1, -0.05) is 19.1 Å². The molecule has 0 radical (unpaired) electrons. The van der Waals surface area contributed by atoms with Crippen molar-refractivity contribution in [2.24, 2.45) is 0 Å². The van der Waals surface area contributed by atoms with Crippen LogP contribution in [-0.2, 0) is 10.5 Å². The van der Waals surface area contributed by atoms with E-state index in [9.17, 15) is 4.79 Å². The van der Waals surface area contributed by atoms with E-state index in [1.807, 2.05) is 41.6 Å². The minimum Gasteiger partial charge on any atom is -0.381 e. The Kier molecular flexibility index (Phi) is 6.92. The summed E-state index contributed by atoms with van der Waals surface area (Å²) in [7, 11) is 0. The Morgan fingerprint density at radius 2 is 2.13 bits per heavy atom. The van der Waals surface area contributed by atoms with Gasteiger partial charge in [-0.25, -0.2) is 9.67 Å². The summed E-state index contributed by atoms with van der Waals surface area (Å²) in [6.07, 6.45) is 4.93. The van der Waals surface area contributed by atoms with Crippen LogP contribution in [0.4, 0.5) is 5.69 Å². The zero-order valence-electron chi connectivity index (χ0n) is 18.4. The third kappa shape index (κ3) is 5.10. The molecule has 1 amide bonds. The zero-order valence-corrected chi connectivity index (χ0v) is 19.2. The van der Waals surface area contributed by atoms with Gasteiger partial charge in [-0.05, 0) is 56.9 Å². The fourth-order valence-electron chi connectivity index (χ4n) is 3.82. The van der Waals surface area contributed by atoms with Crippen LogP contribution in [0.2, 0.25) is 0 Å². The second-order valence-corrected chi connectivity index (χ2v) is 9.46. The third-order valence-electron chi connectivity index (χ3n) is 5.79. The highest BCUT2D eigenvalue weighted by Gasteiger charge is 2.18. The summed E-state index contributed by atoms with van der Waals surface area (Å²) >= 11 is 1.97. The maximum absolute atomic E-state index is 13.2. The summed E-state index contributed by atoms with van der Waals surface area (Å²) in [6.45, 7) is 7.87. The summed E-state index contributed by atoms with van der Waals surface area (Å²) in [4.78, 5) is 17.8. The standard InChI is InChI=1S/C24H30N4O2S/c1-4-17(3)28-23-22(14-25-28)21(12-16(2)26-23)24(29)27-19-7-5-6-18(13-19)15-31-20-8-10-30-11-9-20/h5-7,12-14,17,20H,4,8-11,15H2,1-3H3,(H,27,29). The maximum Gasteiger partial charge on any atom is 0.256 e. The van der Waals surface area contributed by atoms with Crippen molar-refractivity contribution in [1.82, 2.24) is 14.8 Å². The Balaban J connectivity index is 1.50. The van der Waals surface area contributed by atoms with Gasteiger partial charge >= 0.3 is 0 Å². The molecule has 2 aromatic heterocycles. The second-order valence-electron chi connectivity index (χ2n) is 8.17. The van der Waals surface area contributed by atoms with E-state index < -0.39 is 0 Å². The molecular formula is C24H30N4O2S. The second kappa shape index (κ2) is 9.83. The van der Waals surface area contributed by atoms with Crippen LogP contribution < -0.4 is 5.32 Å². The third-order valence-corrected chi connectivity index (χ3v) is 7.23. The molecule has 6 nitrogen and oxygen atoms in total. The first kappa shape index (κ1) is 21.8. The molecule has 1 aliphatic heterocycles. The monoisotopic (exact) mass is 438 g/mol. The number of anilines is 1. The molecular weight excluding hydrogens is 408 g/mol. The van der Waals surface area contributed by atoms with Crippen molar-refractivity contribution in [3.05, 3.63) is 53.3 Å². The highest BCUT2D eigenvalue weighted by Crippen LogP contribution is 2.27. The molecule has 0 saturated carbocycles. The molecule has 0 aliphatic carbocycles. The number of hydrogen-bond donors (Lipinski definition) is 1. The van der Waals surface area contributed by atoms with Crippen molar-refractivity contribution in [1.29, 1.82) is 0 Å². The largest absolute Gasteiger partial charge is 0.381 e. The number of fused-ring (bicyclic) bond motifs is 1. The van der Waals surface area contributed by atoms with E-state index in [-0.39, 0.29) is 11.9 Å². The van der Waals surface area contributed by atoms with Gasteiger partial charge in [0.05, 0.1) is 23.2 Å². The average Bonchev–Trinajstić information content (AvgIpc) is 3.21. The smallest absolute Gasteiger partial charge is 0.256 e. The van der Waals surface area contributed by atoms with Gasteiger partial charge in [0, 0.05) is 35.6 Å². The predicted octanol–water partition coefficient (Wildman–Crippen LogP) is 5.38. The lowest BCUT2D eigenvalue weighted by Crippen LogP contribution is -2.17. The molecule has 7 heteroatoms. The number of nitrogens with one attached hydrogen (secondary N) is 1. The van der Waals surface area contributed by atoms with E-state index in [1.165, 1.54) is 5.56 Å². The summed E-state index contributed by atoms with van der Waals surface area (Å²) in [5.41, 5.74) is 4.21. The number of hydrogen-bond acceptors (Lipinski definition) is 5. The fourth-order valence-corrected chi connectivity index (χ4v) is 4.95. The molecule has 3 aromatic rings. The van der Waals surface area contributed by atoms with Crippen molar-refractivity contribution in [2.75, 3.05) is 18.5 Å². The molecule has 1 aliphatic rings. The van der Waals surface area contributed by atoms with Crippen molar-refractivity contribution in [2.45, 2.75) is 57.1 Å². The first-order valence-corrected chi connectivity index (χ1v) is 12.0. The number of carbonyl (C=O) groups is 1. The highest BCUT2D eigenvalue weighted by molar-refractivity contribution is 7.99. The van der Waals surface area contributed by atoms with Crippen LogP contribution in [0, 0.1) is 6.92 Å². The van der Waals surface area contributed by atoms with Gasteiger partial charge in [0.25, 0.3) is 5.91 Å². The van der Waals surface area contributed by atoms with Crippen molar-refractivity contribution in [3.8, 4) is 0 Å². The number of thioether (sulfide) groups is 1. The number of carbonyl (C=O) groups excluding carboxylic acids is 1.